The van der Waals surface area contributed by atoms with Crippen LogP contribution in [0.5, 0.6) is 11.6 Å². The monoisotopic (exact) mass is 555 g/mol. The molecular weight excluding hydrogens is 530 g/mol. The molecule has 42 heavy (non-hydrogen) atoms. The molecule has 0 radical (unpaired) electrons. The molecule has 0 fully saturated rings. The molecule has 0 spiro atoms. The summed E-state index contributed by atoms with van der Waals surface area (Å²) in [6, 6.07) is 27.4. The molecule has 4 aromatic carbocycles. The van der Waals surface area contributed by atoms with Gasteiger partial charge in [-0.05, 0) is 58.5 Å². The van der Waals surface area contributed by atoms with Crippen LogP contribution in [0.4, 0.5) is 17.1 Å². The molecule has 0 saturated heterocycles. The summed E-state index contributed by atoms with van der Waals surface area (Å²) < 4.78 is 16.9. The zero-order chi connectivity index (χ0) is 28.5. The first-order chi connectivity index (χ1) is 20.6. The Kier molecular flexibility index (Phi) is 6.44. The summed E-state index contributed by atoms with van der Waals surface area (Å²) in [6.45, 7) is 0.462. The third-order valence-electron chi connectivity index (χ3n) is 7.24. The molecule has 2 N–H and O–H groups in total. The topological polar surface area (TPSA) is 111 Å². The maximum Gasteiger partial charge on any atom is 0.257 e. The Morgan fingerprint density at radius 1 is 0.810 bits per heavy atom. The Morgan fingerprint density at radius 3 is 2.48 bits per heavy atom. The van der Waals surface area contributed by atoms with Crippen molar-refractivity contribution in [1.82, 2.24) is 15.2 Å². The highest BCUT2D eigenvalue weighted by atomic mass is 16.5. The molecule has 2 aromatic heterocycles. The van der Waals surface area contributed by atoms with Crippen LogP contribution in [0.15, 0.2) is 102 Å². The predicted molar refractivity (Wildman–Crippen MR) is 160 cm³/mol. The Balaban J connectivity index is 1.09. The van der Waals surface area contributed by atoms with E-state index in [2.05, 4.69) is 25.8 Å². The fraction of sp³-hybridized carbons (Fsp3) is 0.0909. The van der Waals surface area contributed by atoms with E-state index in [9.17, 15) is 4.79 Å². The van der Waals surface area contributed by atoms with Crippen LogP contribution in [0.3, 0.4) is 0 Å². The van der Waals surface area contributed by atoms with Gasteiger partial charge in [-0.3, -0.25) is 4.79 Å². The lowest BCUT2D eigenvalue weighted by atomic mass is 10.00. The fourth-order valence-corrected chi connectivity index (χ4v) is 5.07. The lowest BCUT2D eigenvalue weighted by molar-refractivity contribution is 0.102. The van der Waals surface area contributed by atoms with Crippen LogP contribution in [-0.4, -0.2) is 34.8 Å². The van der Waals surface area contributed by atoms with Crippen molar-refractivity contribution in [3.05, 3.63) is 109 Å². The highest BCUT2D eigenvalue weighted by molar-refractivity contribution is 6.12. The number of ether oxygens (including phenoxy) is 2. The number of benzene rings is 4. The van der Waals surface area contributed by atoms with Gasteiger partial charge in [-0.2, -0.15) is 0 Å². The van der Waals surface area contributed by atoms with Crippen LogP contribution in [0.2, 0.25) is 0 Å². The molecule has 0 unspecified atom stereocenters. The van der Waals surface area contributed by atoms with E-state index in [-0.39, 0.29) is 5.91 Å². The number of nitrogens with one attached hydrogen (secondary N) is 2. The first-order valence-electron chi connectivity index (χ1n) is 13.4. The molecule has 9 nitrogen and oxygen atoms in total. The zero-order valence-corrected chi connectivity index (χ0v) is 22.6. The average molecular weight is 556 g/mol. The van der Waals surface area contributed by atoms with Crippen molar-refractivity contribution >= 4 is 33.7 Å². The summed E-state index contributed by atoms with van der Waals surface area (Å²) in [5, 5.41) is 16.4. The van der Waals surface area contributed by atoms with Gasteiger partial charge in [0.05, 0.1) is 41.9 Å². The maximum absolute atomic E-state index is 13.2. The number of nitrogens with zero attached hydrogens (tertiary/aromatic N) is 3. The van der Waals surface area contributed by atoms with Gasteiger partial charge in [0.1, 0.15) is 5.75 Å². The Morgan fingerprint density at radius 2 is 1.64 bits per heavy atom. The summed E-state index contributed by atoms with van der Waals surface area (Å²) in [7, 11) is 1.60. The van der Waals surface area contributed by atoms with Crippen molar-refractivity contribution in [2.75, 3.05) is 24.4 Å². The second-order valence-corrected chi connectivity index (χ2v) is 9.85. The van der Waals surface area contributed by atoms with E-state index < -0.39 is 0 Å². The Bertz CT molecular complexity index is 1940. The SMILES string of the molecule is COc1cc(-c2ccc3c(c2)Nc2ccc(CCOc4cc5ccccc5cn4)cc2NC3=O)ccc1-c1nnco1. The van der Waals surface area contributed by atoms with Crippen LogP contribution >= 0.6 is 0 Å². The Hall–Kier alpha value is -5.70. The molecule has 0 atom stereocenters. The van der Waals surface area contributed by atoms with E-state index in [1.54, 1.807) is 7.11 Å². The molecule has 1 aliphatic rings. The summed E-state index contributed by atoms with van der Waals surface area (Å²) in [5.74, 6) is 1.40. The quantitative estimate of drug-likeness (QED) is 0.219. The molecule has 9 heteroatoms. The van der Waals surface area contributed by atoms with E-state index >= 15 is 0 Å². The number of rotatable bonds is 7. The van der Waals surface area contributed by atoms with E-state index in [1.807, 2.05) is 91.1 Å². The molecule has 1 amide bonds. The van der Waals surface area contributed by atoms with E-state index in [0.717, 1.165) is 33.2 Å². The van der Waals surface area contributed by atoms with Crippen molar-refractivity contribution < 1.29 is 18.7 Å². The standard InChI is InChI=1S/C33H25N5O4/c1-40-30-16-23(8-10-26(30)33-38-35-19-42-33)22-7-9-25-28(15-22)36-27-11-6-20(14-29(27)37-32(25)39)12-13-41-31-17-21-4-2-3-5-24(21)18-34-31/h2-11,14-19,36H,12-13H2,1H3,(H,37,39). The minimum Gasteiger partial charge on any atom is -0.496 e. The second-order valence-electron chi connectivity index (χ2n) is 9.85. The van der Waals surface area contributed by atoms with Gasteiger partial charge >= 0.3 is 0 Å². The van der Waals surface area contributed by atoms with Crippen LogP contribution < -0.4 is 20.1 Å². The number of pyridine rings is 1. The largest absolute Gasteiger partial charge is 0.496 e. The van der Waals surface area contributed by atoms with Gasteiger partial charge in [-0.15, -0.1) is 10.2 Å². The molecule has 1 aliphatic heterocycles. The zero-order valence-electron chi connectivity index (χ0n) is 22.6. The van der Waals surface area contributed by atoms with Crippen LogP contribution in [-0.2, 0) is 6.42 Å². The van der Waals surface area contributed by atoms with Gasteiger partial charge in [-0.1, -0.05) is 42.5 Å². The average Bonchev–Trinajstić information content (AvgIpc) is 3.52. The van der Waals surface area contributed by atoms with Crippen molar-refractivity contribution in [2.24, 2.45) is 0 Å². The number of anilines is 3. The third-order valence-corrected chi connectivity index (χ3v) is 7.24. The summed E-state index contributed by atoms with van der Waals surface area (Å²) in [4.78, 5) is 17.6. The number of carbonyl (C=O) groups excluding carboxylic acids is 1. The minimum atomic E-state index is -0.180. The Labute approximate surface area is 241 Å². The minimum absolute atomic E-state index is 0.180. The predicted octanol–water partition coefficient (Wildman–Crippen LogP) is 6.89. The highest BCUT2D eigenvalue weighted by Gasteiger charge is 2.21. The number of hydrogen-bond acceptors (Lipinski definition) is 8. The molecule has 206 valence electrons. The van der Waals surface area contributed by atoms with Crippen molar-refractivity contribution in [3.63, 3.8) is 0 Å². The number of methoxy groups -OCH3 is 1. The van der Waals surface area contributed by atoms with Crippen molar-refractivity contribution in [2.45, 2.75) is 6.42 Å². The highest BCUT2D eigenvalue weighted by Crippen LogP contribution is 2.37. The normalized spacial score (nSPS) is 12.1. The molecule has 7 rings (SSSR count). The van der Waals surface area contributed by atoms with Crippen molar-refractivity contribution in [1.29, 1.82) is 0 Å². The van der Waals surface area contributed by atoms with E-state index in [1.165, 1.54) is 6.39 Å². The number of carbonyl (C=O) groups is 1. The number of hydrogen-bond donors (Lipinski definition) is 2. The van der Waals surface area contributed by atoms with Crippen molar-refractivity contribution in [3.8, 4) is 34.2 Å². The van der Waals surface area contributed by atoms with Crippen LogP contribution in [0, 0.1) is 0 Å². The summed E-state index contributed by atoms with van der Waals surface area (Å²) in [5.41, 5.74) is 6.36. The number of fused-ring (bicyclic) bond motifs is 3. The van der Waals surface area contributed by atoms with Gasteiger partial charge in [0, 0.05) is 24.1 Å². The van der Waals surface area contributed by atoms with Crippen LogP contribution in [0.25, 0.3) is 33.4 Å². The van der Waals surface area contributed by atoms with Gasteiger partial charge in [0.25, 0.3) is 11.8 Å². The smallest absolute Gasteiger partial charge is 0.257 e. The third kappa shape index (κ3) is 4.88. The van der Waals surface area contributed by atoms with Gasteiger partial charge in [0.15, 0.2) is 0 Å². The number of aromatic nitrogens is 3. The molecule has 0 bridgehead atoms. The maximum atomic E-state index is 13.2. The fourth-order valence-electron chi connectivity index (χ4n) is 5.07. The van der Waals surface area contributed by atoms with E-state index in [4.69, 9.17) is 13.9 Å². The van der Waals surface area contributed by atoms with Gasteiger partial charge in [-0.25, -0.2) is 4.98 Å². The molecule has 0 aliphatic carbocycles. The molecule has 6 aromatic rings. The van der Waals surface area contributed by atoms with Gasteiger partial charge in [0.2, 0.25) is 12.3 Å². The first kappa shape index (κ1) is 25.3. The lowest BCUT2D eigenvalue weighted by Gasteiger charge is -2.13. The first-order valence-corrected chi connectivity index (χ1v) is 13.4. The van der Waals surface area contributed by atoms with Gasteiger partial charge < -0.3 is 24.5 Å². The summed E-state index contributed by atoms with van der Waals surface area (Å²) in [6.07, 6.45) is 3.76. The summed E-state index contributed by atoms with van der Waals surface area (Å²) >= 11 is 0. The number of amides is 1. The molecule has 0 saturated carbocycles. The van der Waals surface area contributed by atoms with E-state index in [0.29, 0.717) is 53.0 Å². The lowest BCUT2D eigenvalue weighted by Crippen LogP contribution is -2.11. The van der Waals surface area contributed by atoms with Crippen LogP contribution in [0.1, 0.15) is 15.9 Å². The second kappa shape index (κ2) is 10.7. The molecular formula is C33H25N5O4. The molecule has 3 heterocycles.